The summed E-state index contributed by atoms with van der Waals surface area (Å²) in [5.41, 5.74) is -0.324. The normalized spacial score (nSPS) is 23.9. The summed E-state index contributed by atoms with van der Waals surface area (Å²) in [7, 11) is -7.05. The van der Waals surface area contributed by atoms with Crippen LogP contribution in [0.1, 0.15) is 27.2 Å². The van der Waals surface area contributed by atoms with Gasteiger partial charge in [-0.1, -0.05) is 0 Å². The second-order valence-electron chi connectivity index (χ2n) is 6.92. The Hall–Kier alpha value is -0.680. The van der Waals surface area contributed by atoms with Gasteiger partial charge in [-0.25, -0.2) is 0 Å². The first-order chi connectivity index (χ1) is 10.8. The van der Waals surface area contributed by atoms with Crippen molar-refractivity contribution in [1.29, 1.82) is 0 Å². The molecule has 0 amide bonds. The molecule has 0 aromatic carbocycles. The van der Waals surface area contributed by atoms with E-state index in [0.29, 0.717) is 19.7 Å². The quantitative estimate of drug-likeness (QED) is 0.449. The summed E-state index contributed by atoms with van der Waals surface area (Å²) in [5, 5.41) is 0. The lowest BCUT2D eigenvalue weighted by molar-refractivity contribution is -0.0708. The first-order valence-corrected chi connectivity index (χ1v) is 11.2. The predicted molar refractivity (Wildman–Crippen MR) is 90.2 cm³/mol. The maximum Gasteiger partial charge on any atom is 0.305 e. The van der Waals surface area contributed by atoms with Crippen molar-refractivity contribution < 1.29 is 29.9 Å². The van der Waals surface area contributed by atoms with E-state index in [2.05, 4.69) is 4.18 Å². The van der Waals surface area contributed by atoms with Crippen molar-refractivity contribution in [1.82, 2.24) is 4.90 Å². The molecule has 0 radical (unpaired) electrons. The minimum Gasteiger partial charge on any atom is -0.391 e. The minimum atomic E-state index is -3.53. The summed E-state index contributed by atoms with van der Waals surface area (Å²) in [6, 6.07) is -0.144. The maximum absolute atomic E-state index is 11.2. The topological polar surface area (TPSA) is 99.2 Å². The fourth-order valence-corrected chi connectivity index (χ4v) is 2.89. The molecule has 0 N–H and O–H groups in total. The number of hydrogen-bond acceptors (Lipinski definition) is 8. The van der Waals surface area contributed by atoms with E-state index in [4.69, 9.17) is 8.92 Å². The summed E-state index contributed by atoms with van der Waals surface area (Å²) in [5.74, 6) is 0.0171. The highest BCUT2D eigenvalue weighted by Gasteiger charge is 2.32. The van der Waals surface area contributed by atoms with Gasteiger partial charge in [-0.3, -0.25) is 9.08 Å². The molecular weight excluding hydrogens is 358 g/mol. The Balaban J connectivity index is 2.69. The second-order valence-corrected chi connectivity index (χ2v) is 10.2. The van der Waals surface area contributed by atoms with Gasteiger partial charge in [0, 0.05) is 12.6 Å². The van der Waals surface area contributed by atoms with E-state index in [1.165, 1.54) is 0 Å². The molecule has 0 aliphatic carbocycles. The molecular formula is C14H27NO7S2. The number of rotatable bonds is 8. The number of hydrogen-bond donors (Lipinski definition) is 0. The average molecular weight is 386 g/mol. The maximum atomic E-state index is 11.2. The van der Waals surface area contributed by atoms with Gasteiger partial charge in [0.05, 0.1) is 24.7 Å². The molecule has 142 valence electrons. The van der Waals surface area contributed by atoms with Gasteiger partial charge < -0.3 is 8.92 Å². The third kappa shape index (κ3) is 9.58. The van der Waals surface area contributed by atoms with E-state index < -0.39 is 20.2 Å². The molecule has 0 aromatic rings. The predicted octanol–water partition coefficient (Wildman–Crippen LogP) is 0.916. The highest BCUT2D eigenvalue weighted by molar-refractivity contribution is 7.86. The summed E-state index contributed by atoms with van der Waals surface area (Å²) in [4.78, 5) is 1.98. The third-order valence-electron chi connectivity index (χ3n) is 3.28. The molecule has 1 saturated heterocycles. The molecule has 24 heavy (non-hydrogen) atoms. The van der Waals surface area contributed by atoms with E-state index >= 15 is 0 Å². The van der Waals surface area contributed by atoms with E-state index in [-0.39, 0.29) is 24.2 Å². The molecule has 1 aliphatic rings. The molecule has 0 spiro atoms. The van der Waals surface area contributed by atoms with Crippen LogP contribution in [0.2, 0.25) is 0 Å². The SMILES string of the molecule is CC(C)(C)OCN1CC(C=COS(C)(=O)=O)CC1COS(C)(=O)=O. The Labute approximate surface area is 145 Å². The third-order valence-corrected chi connectivity index (χ3v) is 4.30. The summed E-state index contributed by atoms with van der Waals surface area (Å²) in [6.45, 7) is 6.76. The van der Waals surface area contributed by atoms with Crippen LogP contribution in [0, 0.1) is 5.92 Å². The molecule has 1 rings (SSSR count). The van der Waals surface area contributed by atoms with Crippen molar-refractivity contribution in [3.8, 4) is 0 Å². The van der Waals surface area contributed by atoms with Crippen molar-refractivity contribution >= 4 is 20.2 Å². The zero-order chi connectivity index (χ0) is 18.6. The molecule has 2 atom stereocenters. The van der Waals surface area contributed by atoms with Crippen LogP contribution in [0.15, 0.2) is 12.3 Å². The first-order valence-electron chi connectivity index (χ1n) is 7.52. The molecule has 10 heteroatoms. The summed E-state index contributed by atoms with van der Waals surface area (Å²) in [6.07, 6.45) is 5.41. The fraction of sp³-hybridized carbons (Fsp3) is 0.857. The van der Waals surface area contributed by atoms with Gasteiger partial charge >= 0.3 is 10.1 Å². The lowest BCUT2D eigenvalue weighted by Gasteiger charge is -2.28. The van der Waals surface area contributed by atoms with E-state index in [0.717, 1.165) is 18.8 Å². The van der Waals surface area contributed by atoms with Crippen LogP contribution in [-0.2, 0) is 33.3 Å². The highest BCUT2D eigenvalue weighted by atomic mass is 32.2. The van der Waals surface area contributed by atoms with Crippen molar-refractivity contribution in [2.75, 3.05) is 32.4 Å². The van der Waals surface area contributed by atoms with Crippen molar-refractivity contribution in [3.05, 3.63) is 12.3 Å². The Kier molecular flexibility index (Phi) is 7.24. The van der Waals surface area contributed by atoms with Crippen LogP contribution in [0.3, 0.4) is 0 Å². The van der Waals surface area contributed by atoms with Gasteiger partial charge in [-0.05, 0) is 39.2 Å². The molecule has 0 aromatic heterocycles. The number of nitrogens with zero attached hydrogens (tertiary/aromatic N) is 1. The van der Waals surface area contributed by atoms with Gasteiger partial charge in [0.15, 0.2) is 0 Å². The van der Waals surface area contributed by atoms with Crippen LogP contribution in [0.25, 0.3) is 0 Å². The molecule has 1 fully saturated rings. The summed E-state index contributed by atoms with van der Waals surface area (Å²) < 4.78 is 59.6. The first kappa shape index (κ1) is 21.4. The Morgan fingerprint density at radius 1 is 1.12 bits per heavy atom. The zero-order valence-corrected chi connectivity index (χ0v) is 16.4. The Morgan fingerprint density at radius 3 is 2.25 bits per heavy atom. The average Bonchev–Trinajstić information content (AvgIpc) is 2.73. The van der Waals surface area contributed by atoms with Crippen LogP contribution >= 0.6 is 0 Å². The van der Waals surface area contributed by atoms with Gasteiger partial charge in [0.2, 0.25) is 0 Å². The minimum absolute atomic E-state index is 0.0171. The Morgan fingerprint density at radius 2 is 1.75 bits per heavy atom. The van der Waals surface area contributed by atoms with E-state index in [9.17, 15) is 16.8 Å². The van der Waals surface area contributed by atoms with Gasteiger partial charge in [0.25, 0.3) is 10.1 Å². The Bertz CT molecular complexity index is 635. The molecule has 1 heterocycles. The summed E-state index contributed by atoms with van der Waals surface area (Å²) >= 11 is 0. The smallest absolute Gasteiger partial charge is 0.305 e. The van der Waals surface area contributed by atoms with Crippen molar-refractivity contribution in [2.24, 2.45) is 5.92 Å². The lowest BCUT2D eigenvalue weighted by atomic mass is 10.1. The van der Waals surface area contributed by atoms with Crippen LogP contribution in [0.4, 0.5) is 0 Å². The fourth-order valence-electron chi connectivity index (χ4n) is 2.22. The molecule has 0 saturated carbocycles. The lowest BCUT2D eigenvalue weighted by Crippen LogP contribution is -2.38. The van der Waals surface area contributed by atoms with Crippen molar-refractivity contribution in [2.45, 2.75) is 38.8 Å². The highest BCUT2D eigenvalue weighted by Crippen LogP contribution is 2.26. The van der Waals surface area contributed by atoms with Crippen LogP contribution in [-0.4, -0.2) is 65.8 Å². The molecule has 2 unspecified atom stereocenters. The monoisotopic (exact) mass is 385 g/mol. The number of ether oxygens (including phenoxy) is 1. The largest absolute Gasteiger partial charge is 0.391 e. The van der Waals surface area contributed by atoms with Crippen LogP contribution < -0.4 is 0 Å². The molecule has 8 nitrogen and oxygen atoms in total. The molecule has 0 bridgehead atoms. The van der Waals surface area contributed by atoms with Gasteiger partial charge in [-0.15, -0.1) is 0 Å². The van der Waals surface area contributed by atoms with Gasteiger partial charge in [0.1, 0.15) is 13.0 Å². The molecule has 1 aliphatic heterocycles. The van der Waals surface area contributed by atoms with E-state index in [1.807, 2.05) is 25.7 Å². The second kappa shape index (κ2) is 8.13. The standard InChI is InChI=1S/C14H27NO7S2/c1-14(2,3)20-11-15-9-12(6-7-21-23(4,16)17)8-13(15)10-22-24(5,18)19/h6-7,12-13H,8-11H2,1-5H3. The number of likely N-dealkylation sites (tertiary alicyclic amines) is 1. The zero-order valence-electron chi connectivity index (χ0n) is 14.8. The van der Waals surface area contributed by atoms with Crippen molar-refractivity contribution in [3.63, 3.8) is 0 Å². The van der Waals surface area contributed by atoms with Crippen LogP contribution in [0.5, 0.6) is 0 Å². The van der Waals surface area contributed by atoms with Gasteiger partial charge in [-0.2, -0.15) is 16.8 Å². The van der Waals surface area contributed by atoms with E-state index in [1.54, 1.807) is 6.08 Å².